The molecule has 0 unspecified atom stereocenters. The number of hydrogen-bond donors (Lipinski definition) is 6. The van der Waals surface area contributed by atoms with Crippen molar-refractivity contribution in [2.24, 2.45) is 33.2 Å². The number of carbonyl (C=O) groups excluding carboxylic acids is 12. The number of ketones is 2. The minimum absolute atomic E-state index is 0.00430. The number of nitrogens with two attached hydrogens (primary N) is 4. The molecule has 127 heavy (non-hydrogen) atoms. The predicted octanol–water partition coefficient (Wildman–Crippen LogP) is 12.0. The fourth-order valence-electron chi connectivity index (χ4n) is 14.0. The van der Waals surface area contributed by atoms with Gasteiger partial charge in [-0.3, -0.25) is 77.1 Å². The minimum atomic E-state index is -0.755. The van der Waals surface area contributed by atoms with Gasteiger partial charge in [-0.1, -0.05) is 166 Å². The van der Waals surface area contributed by atoms with Crippen LogP contribution >= 0.6 is 0 Å². The van der Waals surface area contributed by atoms with Gasteiger partial charge in [0.05, 0.1) is 48.4 Å². The molecule has 0 spiro atoms. The second kappa shape index (κ2) is 38.2. The molecule has 4 aliphatic rings. The van der Waals surface area contributed by atoms with Crippen LogP contribution in [0.15, 0.2) is 204 Å². The highest BCUT2D eigenvalue weighted by atomic mass is 16.2. The summed E-state index contributed by atoms with van der Waals surface area (Å²) in [5, 5.41) is 12.2. The Morgan fingerprint density at radius 1 is 0.346 bits per heavy atom. The average molecular weight is 1700 g/mol. The summed E-state index contributed by atoms with van der Waals surface area (Å²) in [4.78, 5) is 195. The number of carbonyl (C=O) groups is 12. The van der Waals surface area contributed by atoms with E-state index < -0.39 is 23.6 Å². The number of aryl methyl sites for hydroxylation is 4. The normalized spacial score (nSPS) is 12.4. The fraction of sp³-hybridized carbons (Fsp3) is 0.165. The number of nitrogens with zero attached hydrogens (tertiary/aromatic N) is 18. The molecular weight excluding hydrogens is 1620 g/mol. The number of azide groups is 2. The fourth-order valence-corrected chi connectivity index (χ4v) is 14.0. The van der Waals surface area contributed by atoms with Gasteiger partial charge in [0, 0.05) is 103 Å². The van der Waals surface area contributed by atoms with Crippen LogP contribution in [0.5, 0.6) is 0 Å². The standard InChI is InChI=1S/C24H22N8O3.C23H20N8O3.2C22H18N4O3/c1-14-6-8-15(9-7-14)22-29-20(21(25)34)18-13-19(33)32(23(18)30-22)17-5-2-4-16(12-17)24(35)27-10-3-11-28-31-26;1-13-5-7-14(8-6-13)21-28-19(20(24)33)17-12-18(32)31(22(17)29-21)16-4-2-3-15(11-16)23(34)26-9-10-27-30-25;2*1-12-6-8-14(9-7-12)21-24-19(20(23)29)17-11-18(28)26(22(17)25-21)16-5-3-4-15(10-16)13(2)27/h2,4-9,12H,3,10-11,13H2,1H3,(H2,25,34)(H,27,35);2-8,11H,9-10,12H2,1H3,(H2,24,33)(H,26,34);2*3-10H,11H2,1-2H3,(H2,23,29). The molecular formula is C91H78N24O12. The maximum Gasteiger partial charge on any atom is 0.267 e. The average Bonchev–Trinajstić information content (AvgIpc) is 1.63. The lowest BCUT2D eigenvalue weighted by molar-refractivity contribution is -0.117. The van der Waals surface area contributed by atoms with Gasteiger partial charge in [-0.15, -0.1) is 0 Å². The third-order valence-electron chi connectivity index (χ3n) is 20.4. The van der Waals surface area contributed by atoms with Gasteiger partial charge in [-0.25, -0.2) is 39.9 Å². The van der Waals surface area contributed by atoms with Gasteiger partial charge in [0.2, 0.25) is 23.6 Å². The van der Waals surface area contributed by atoms with Crippen molar-refractivity contribution in [2.45, 2.75) is 73.6 Å². The highest BCUT2D eigenvalue weighted by molar-refractivity contribution is 6.14. The Balaban J connectivity index is 0.000000145. The van der Waals surface area contributed by atoms with Crippen molar-refractivity contribution < 1.29 is 57.5 Å². The Morgan fingerprint density at radius 2 is 0.591 bits per heavy atom. The first-order valence-corrected chi connectivity index (χ1v) is 39.4. The molecule has 0 aliphatic carbocycles. The molecule has 4 aliphatic heterocycles. The molecule has 8 heterocycles. The number of hydrogen-bond acceptors (Lipinski definition) is 22. The second-order valence-corrected chi connectivity index (χ2v) is 29.4. The zero-order chi connectivity index (χ0) is 90.6. The summed E-state index contributed by atoms with van der Waals surface area (Å²) in [5.41, 5.74) is 50.9. The Morgan fingerprint density at radius 3 is 0.843 bits per heavy atom. The summed E-state index contributed by atoms with van der Waals surface area (Å²) >= 11 is 0. The lowest BCUT2D eigenvalue weighted by Gasteiger charge is -2.18. The SMILES string of the molecule is CC(=O)c1cccc(N2C(=O)Cc3c(C(N)=O)nc(-c4ccc(C)cc4)nc32)c1.CC(=O)c1cccc(N2C(=O)Cc3c(C(N)=O)nc(-c4ccc(C)cc4)nc32)c1.Cc1ccc(-c2nc(C(N)=O)c3c(n2)N(c2cccc(C(=O)NCCCN=[N+]=[N-])c2)C(=O)C3)cc1.Cc1ccc(-c2nc(C(N)=O)c3c(n2)N(c2cccc(C(=O)NCCN=[N+]=[N-])c2)C(=O)C3)cc1. The first-order valence-electron chi connectivity index (χ1n) is 39.4. The van der Waals surface area contributed by atoms with Crippen LogP contribution in [0.2, 0.25) is 0 Å². The second-order valence-electron chi connectivity index (χ2n) is 29.4. The van der Waals surface area contributed by atoms with Crippen LogP contribution in [0.4, 0.5) is 46.0 Å². The number of rotatable bonds is 23. The maximum atomic E-state index is 13.0. The summed E-state index contributed by atoms with van der Waals surface area (Å²) in [7, 11) is 0. The third kappa shape index (κ3) is 19.5. The van der Waals surface area contributed by atoms with Crippen LogP contribution < -0.4 is 53.2 Å². The molecule has 634 valence electrons. The highest BCUT2D eigenvalue weighted by Gasteiger charge is 2.40. The smallest absolute Gasteiger partial charge is 0.267 e. The molecule has 0 saturated heterocycles. The van der Waals surface area contributed by atoms with Crippen molar-refractivity contribution in [3.63, 3.8) is 0 Å². The van der Waals surface area contributed by atoms with E-state index in [0.717, 1.165) is 22.3 Å². The van der Waals surface area contributed by atoms with Gasteiger partial charge < -0.3 is 33.6 Å². The van der Waals surface area contributed by atoms with E-state index in [4.69, 9.17) is 34.0 Å². The number of nitrogens with one attached hydrogen (secondary N) is 2. The molecule has 4 aromatic heterocycles. The number of aromatic nitrogens is 8. The zero-order valence-electron chi connectivity index (χ0n) is 69.1. The molecule has 10 N–H and O–H groups in total. The summed E-state index contributed by atoms with van der Waals surface area (Å²) in [6.07, 6.45) is 0.252. The van der Waals surface area contributed by atoms with Crippen LogP contribution in [-0.4, -0.2) is 137 Å². The van der Waals surface area contributed by atoms with Crippen molar-refractivity contribution >= 4 is 117 Å². The van der Waals surface area contributed by atoms with E-state index in [0.29, 0.717) is 126 Å². The molecule has 0 radical (unpaired) electrons. The lowest BCUT2D eigenvalue weighted by atomic mass is 10.1. The summed E-state index contributed by atoms with van der Waals surface area (Å²) in [6.45, 7) is 11.7. The van der Waals surface area contributed by atoms with Crippen LogP contribution in [-0.2, 0) is 44.9 Å². The van der Waals surface area contributed by atoms with E-state index >= 15 is 0 Å². The van der Waals surface area contributed by atoms with Gasteiger partial charge in [0.15, 0.2) is 34.9 Å². The Bertz CT molecular complexity index is 6450. The molecule has 0 bridgehead atoms. The first-order chi connectivity index (χ1) is 61.0. The topological polar surface area (TPSA) is 547 Å². The van der Waals surface area contributed by atoms with E-state index in [1.807, 2.05) is 125 Å². The van der Waals surface area contributed by atoms with E-state index in [1.54, 1.807) is 97.1 Å². The van der Waals surface area contributed by atoms with E-state index in [-0.39, 0.29) is 138 Å². The molecule has 10 amide bonds. The minimum Gasteiger partial charge on any atom is -0.364 e. The lowest BCUT2D eigenvalue weighted by Crippen LogP contribution is -2.26. The molecule has 36 heteroatoms. The van der Waals surface area contributed by atoms with Crippen molar-refractivity contribution in [2.75, 3.05) is 45.8 Å². The number of amides is 10. The Hall–Kier alpha value is -17.3. The van der Waals surface area contributed by atoms with Gasteiger partial charge >= 0.3 is 0 Å². The number of anilines is 8. The largest absolute Gasteiger partial charge is 0.364 e. The summed E-state index contributed by atoms with van der Waals surface area (Å²) in [5.74, 6) is -2.76. The quantitative estimate of drug-likeness (QED) is 0.0114. The molecule has 12 aromatic rings. The molecule has 0 fully saturated rings. The van der Waals surface area contributed by atoms with Crippen molar-refractivity contribution in [1.29, 1.82) is 0 Å². The van der Waals surface area contributed by atoms with Crippen molar-refractivity contribution in [3.8, 4) is 45.6 Å². The zero-order valence-corrected chi connectivity index (χ0v) is 69.1. The Kier molecular flexibility index (Phi) is 26.3. The molecule has 0 atom stereocenters. The van der Waals surface area contributed by atoms with Crippen LogP contribution in [0, 0.1) is 27.7 Å². The highest BCUT2D eigenvalue weighted by Crippen LogP contribution is 2.42. The van der Waals surface area contributed by atoms with Crippen LogP contribution in [0.3, 0.4) is 0 Å². The molecule has 16 rings (SSSR count). The molecule has 8 aromatic carbocycles. The molecule has 36 nitrogen and oxygen atoms in total. The van der Waals surface area contributed by atoms with Crippen LogP contribution in [0.25, 0.3) is 66.4 Å². The summed E-state index contributed by atoms with van der Waals surface area (Å²) in [6, 6.07) is 56.4. The number of primary amides is 4. The first kappa shape index (κ1) is 87.6. The maximum absolute atomic E-state index is 13.0. The molecule has 0 saturated carbocycles. The van der Waals surface area contributed by atoms with Gasteiger partial charge in [0.25, 0.3) is 35.4 Å². The third-order valence-corrected chi connectivity index (χ3v) is 20.4. The van der Waals surface area contributed by atoms with Crippen molar-refractivity contribution in [3.05, 3.63) is 305 Å². The van der Waals surface area contributed by atoms with Crippen molar-refractivity contribution in [1.82, 2.24) is 50.5 Å². The number of Topliss-reactive ketones (excluding diaryl/α,β-unsaturated/α-hetero) is 2. The van der Waals surface area contributed by atoms with E-state index in [9.17, 15) is 57.5 Å². The Labute approximate surface area is 723 Å². The van der Waals surface area contributed by atoms with E-state index in [2.05, 4.69) is 70.6 Å². The predicted molar refractivity (Wildman–Crippen MR) is 469 cm³/mol. The van der Waals surface area contributed by atoms with Gasteiger partial charge in [-0.2, -0.15) is 0 Å². The van der Waals surface area contributed by atoms with E-state index in [1.165, 1.54) is 33.4 Å². The monoisotopic (exact) mass is 1700 g/mol. The summed E-state index contributed by atoms with van der Waals surface area (Å²) < 4.78 is 0. The number of benzene rings is 8. The van der Waals surface area contributed by atoms with Gasteiger partial charge in [0.1, 0.15) is 46.0 Å². The number of fused-ring (bicyclic) bond motifs is 4. The van der Waals surface area contributed by atoms with Crippen LogP contribution in [0.1, 0.15) is 148 Å². The van der Waals surface area contributed by atoms with Gasteiger partial charge in [-0.05, 0) is 120 Å².